The van der Waals surface area contributed by atoms with Crippen molar-refractivity contribution in [2.75, 3.05) is 0 Å². The minimum absolute atomic E-state index is 0.439. The summed E-state index contributed by atoms with van der Waals surface area (Å²) in [4.78, 5) is 4.06. The third-order valence-corrected chi connectivity index (χ3v) is 4.45. The van der Waals surface area contributed by atoms with E-state index in [1.54, 1.807) is 49.4 Å². The average Bonchev–Trinajstić information content (AvgIpc) is 3.09. The van der Waals surface area contributed by atoms with Crippen LogP contribution in [0.3, 0.4) is 0 Å². The number of nitrogens with zero attached hydrogens (tertiary/aromatic N) is 2. The molecule has 2 aromatic carbocycles. The molecular weight excluding hydrogens is 361 g/mol. The smallest absolute Gasteiger partial charge is 0.137 e. The number of benzene rings is 2. The Hall–Kier alpha value is -2.08. The Morgan fingerprint density at radius 1 is 1.12 bits per heavy atom. The summed E-state index contributed by atoms with van der Waals surface area (Å²) in [7, 11) is 0. The number of ether oxygens (including phenoxy) is 1. The van der Waals surface area contributed by atoms with Crippen LogP contribution in [0.1, 0.15) is 24.7 Å². The Balaban J connectivity index is 1.72. The quantitative estimate of drug-likeness (QED) is 0.650. The van der Waals surface area contributed by atoms with Crippen molar-refractivity contribution in [1.29, 1.82) is 0 Å². The predicted molar refractivity (Wildman–Crippen MR) is 97.3 cm³/mol. The zero-order chi connectivity index (χ0) is 17.9. The van der Waals surface area contributed by atoms with E-state index >= 15 is 0 Å². The SMILES string of the molecule is CC(O)(CCc1ncn[nH]1)c1ccc(Oc2ccc(Cl)cc2)cc1Cl. The largest absolute Gasteiger partial charge is 0.457 e. The highest BCUT2D eigenvalue weighted by Crippen LogP contribution is 2.35. The Morgan fingerprint density at radius 2 is 1.84 bits per heavy atom. The molecule has 1 unspecified atom stereocenters. The van der Waals surface area contributed by atoms with Crippen molar-refractivity contribution in [3.8, 4) is 11.5 Å². The molecule has 0 aliphatic rings. The van der Waals surface area contributed by atoms with Crippen LogP contribution >= 0.6 is 23.2 Å². The van der Waals surface area contributed by atoms with Gasteiger partial charge in [0.05, 0.1) is 10.6 Å². The van der Waals surface area contributed by atoms with Crippen LogP contribution in [0.2, 0.25) is 10.0 Å². The first-order valence-corrected chi connectivity index (χ1v) is 8.50. The lowest BCUT2D eigenvalue weighted by molar-refractivity contribution is 0.0476. The number of hydrogen-bond acceptors (Lipinski definition) is 4. The maximum Gasteiger partial charge on any atom is 0.137 e. The van der Waals surface area contributed by atoms with Gasteiger partial charge >= 0.3 is 0 Å². The minimum atomic E-state index is -1.09. The van der Waals surface area contributed by atoms with Crippen molar-refractivity contribution in [3.05, 3.63) is 70.2 Å². The molecule has 3 aromatic rings. The van der Waals surface area contributed by atoms with E-state index < -0.39 is 5.60 Å². The van der Waals surface area contributed by atoms with Gasteiger partial charge in [0.2, 0.25) is 0 Å². The first kappa shape index (κ1) is 17.7. The molecule has 1 atom stereocenters. The Bertz CT molecular complexity index is 834. The fourth-order valence-corrected chi connectivity index (χ4v) is 2.98. The van der Waals surface area contributed by atoms with Crippen LogP contribution in [0.25, 0.3) is 0 Å². The highest BCUT2D eigenvalue weighted by molar-refractivity contribution is 6.31. The number of rotatable bonds is 6. The number of aliphatic hydroxyl groups is 1. The number of hydrogen-bond donors (Lipinski definition) is 2. The molecule has 0 saturated heterocycles. The topological polar surface area (TPSA) is 71.0 Å². The van der Waals surface area contributed by atoms with Gasteiger partial charge in [0.1, 0.15) is 23.7 Å². The van der Waals surface area contributed by atoms with Crippen LogP contribution in [-0.2, 0) is 12.0 Å². The summed E-state index contributed by atoms with van der Waals surface area (Å²) in [5.41, 5.74) is -0.458. The van der Waals surface area contributed by atoms with Crippen LogP contribution in [0.15, 0.2) is 48.8 Å². The summed E-state index contributed by atoms with van der Waals surface area (Å²) >= 11 is 12.2. The van der Waals surface area contributed by atoms with Crippen molar-refractivity contribution in [2.45, 2.75) is 25.4 Å². The van der Waals surface area contributed by atoms with Gasteiger partial charge in [-0.1, -0.05) is 29.3 Å². The fourth-order valence-electron chi connectivity index (χ4n) is 2.48. The molecule has 0 spiro atoms. The van der Waals surface area contributed by atoms with Gasteiger partial charge in [0.15, 0.2) is 0 Å². The molecule has 2 N–H and O–H groups in total. The van der Waals surface area contributed by atoms with Gasteiger partial charge in [-0.05, 0) is 49.7 Å². The van der Waals surface area contributed by atoms with Crippen LogP contribution < -0.4 is 4.74 Å². The Kier molecular flexibility index (Phi) is 5.27. The summed E-state index contributed by atoms with van der Waals surface area (Å²) in [5.74, 6) is 1.96. The van der Waals surface area contributed by atoms with Gasteiger partial charge in [-0.3, -0.25) is 5.10 Å². The van der Waals surface area contributed by atoms with E-state index in [-0.39, 0.29) is 0 Å². The second kappa shape index (κ2) is 7.44. The zero-order valence-corrected chi connectivity index (χ0v) is 15.1. The number of halogens is 2. The monoisotopic (exact) mass is 377 g/mol. The normalized spacial score (nSPS) is 13.4. The molecule has 25 heavy (non-hydrogen) atoms. The van der Waals surface area contributed by atoms with E-state index in [0.717, 1.165) is 5.82 Å². The first-order chi connectivity index (χ1) is 11.9. The number of aromatic nitrogens is 3. The molecule has 0 aliphatic heterocycles. The fraction of sp³-hybridized carbons (Fsp3) is 0.222. The van der Waals surface area contributed by atoms with Gasteiger partial charge in [-0.2, -0.15) is 5.10 Å². The van der Waals surface area contributed by atoms with Gasteiger partial charge in [0, 0.05) is 17.0 Å². The van der Waals surface area contributed by atoms with E-state index in [2.05, 4.69) is 15.2 Å². The number of H-pyrrole nitrogens is 1. The lowest BCUT2D eigenvalue weighted by Crippen LogP contribution is -2.22. The molecular formula is C18H17Cl2N3O2. The van der Waals surface area contributed by atoms with Gasteiger partial charge in [-0.25, -0.2) is 4.98 Å². The average molecular weight is 378 g/mol. The first-order valence-electron chi connectivity index (χ1n) is 7.74. The highest BCUT2D eigenvalue weighted by Gasteiger charge is 2.26. The second-order valence-electron chi connectivity index (χ2n) is 5.90. The van der Waals surface area contributed by atoms with Crippen molar-refractivity contribution in [2.24, 2.45) is 0 Å². The van der Waals surface area contributed by atoms with Crippen molar-refractivity contribution < 1.29 is 9.84 Å². The third kappa shape index (κ3) is 4.51. The maximum absolute atomic E-state index is 10.8. The molecule has 0 fully saturated rings. The van der Waals surface area contributed by atoms with E-state index in [1.807, 2.05) is 0 Å². The molecule has 130 valence electrons. The molecule has 1 aromatic heterocycles. The molecule has 1 heterocycles. The van der Waals surface area contributed by atoms with Crippen molar-refractivity contribution in [3.63, 3.8) is 0 Å². The number of aromatic amines is 1. The summed E-state index contributed by atoms with van der Waals surface area (Å²) < 4.78 is 5.75. The highest BCUT2D eigenvalue weighted by atomic mass is 35.5. The molecule has 0 saturated carbocycles. The predicted octanol–water partition coefficient (Wildman–Crippen LogP) is 4.74. The van der Waals surface area contributed by atoms with Gasteiger partial charge in [-0.15, -0.1) is 0 Å². The van der Waals surface area contributed by atoms with Crippen LogP contribution in [0, 0.1) is 0 Å². The van der Waals surface area contributed by atoms with E-state index in [9.17, 15) is 5.11 Å². The summed E-state index contributed by atoms with van der Waals surface area (Å²) in [5, 5.41) is 18.4. The molecule has 0 bridgehead atoms. The standard InChI is InChI=1S/C18H17Cl2N3O2/c1-18(24,9-8-17-21-11-22-23-17)15-7-6-14(10-16(15)20)25-13-4-2-12(19)3-5-13/h2-7,10-11,24H,8-9H2,1H3,(H,21,22,23). The van der Waals surface area contributed by atoms with Crippen LogP contribution in [0.4, 0.5) is 0 Å². The van der Waals surface area contributed by atoms with E-state index in [4.69, 9.17) is 27.9 Å². The summed E-state index contributed by atoms with van der Waals surface area (Å²) in [6, 6.07) is 12.3. The van der Waals surface area contributed by atoms with E-state index in [0.29, 0.717) is 39.9 Å². The second-order valence-corrected chi connectivity index (χ2v) is 6.75. The summed E-state index contributed by atoms with van der Waals surface area (Å²) in [6.45, 7) is 1.73. The van der Waals surface area contributed by atoms with Crippen LogP contribution in [0.5, 0.6) is 11.5 Å². The lowest BCUT2D eigenvalue weighted by Gasteiger charge is -2.25. The molecule has 3 rings (SSSR count). The minimum Gasteiger partial charge on any atom is -0.457 e. The number of nitrogens with one attached hydrogen (secondary N) is 1. The molecule has 7 heteroatoms. The Labute approximate surface area is 155 Å². The zero-order valence-electron chi connectivity index (χ0n) is 13.5. The molecule has 0 amide bonds. The molecule has 0 radical (unpaired) electrons. The third-order valence-electron chi connectivity index (χ3n) is 3.88. The van der Waals surface area contributed by atoms with E-state index in [1.165, 1.54) is 6.33 Å². The number of aryl methyl sites for hydroxylation is 1. The molecule has 5 nitrogen and oxygen atoms in total. The van der Waals surface area contributed by atoms with Crippen molar-refractivity contribution >= 4 is 23.2 Å². The maximum atomic E-state index is 10.8. The van der Waals surface area contributed by atoms with Gasteiger partial charge < -0.3 is 9.84 Å². The Morgan fingerprint density at radius 3 is 2.48 bits per heavy atom. The lowest BCUT2D eigenvalue weighted by atomic mass is 9.91. The van der Waals surface area contributed by atoms with Crippen LogP contribution in [-0.4, -0.2) is 20.3 Å². The van der Waals surface area contributed by atoms with Gasteiger partial charge in [0.25, 0.3) is 0 Å². The summed E-state index contributed by atoms with van der Waals surface area (Å²) in [6.07, 6.45) is 2.46. The molecule has 0 aliphatic carbocycles. The van der Waals surface area contributed by atoms with Crippen molar-refractivity contribution in [1.82, 2.24) is 15.2 Å².